The molecule has 2 N–H and O–H groups in total. The Bertz CT molecular complexity index is 778. The number of nitrogens with zero attached hydrogens (tertiary/aromatic N) is 2. The van der Waals surface area contributed by atoms with E-state index in [0.29, 0.717) is 5.92 Å². The third-order valence-corrected chi connectivity index (χ3v) is 6.24. The van der Waals surface area contributed by atoms with Crippen LogP contribution in [0.15, 0.2) is 58.1 Å². The molecule has 0 spiro atoms. The zero-order valence-electron chi connectivity index (χ0n) is 18.3. The highest BCUT2D eigenvalue weighted by Gasteiger charge is 2.28. The molecule has 0 saturated carbocycles. The van der Waals surface area contributed by atoms with Crippen molar-refractivity contribution in [2.45, 2.75) is 37.8 Å². The maximum absolute atomic E-state index is 6.14. The summed E-state index contributed by atoms with van der Waals surface area (Å²) in [5.41, 5.74) is 1.26. The van der Waals surface area contributed by atoms with E-state index in [9.17, 15) is 0 Å². The van der Waals surface area contributed by atoms with Gasteiger partial charge in [-0.1, -0.05) is 30.3 Å². The van der Waals surface area contributed by atoms with Crippen molar-refractivity contribution >= 4 is 29.9 Å². The molecule has 0 amide bonds. The largest absolute Gasteiger partial charge is 0.468 e. The molecule has 170 valence electrons. The van der Waals surface area contributed by atoms with Crippen LogP contribution in [0, 0.1) is 5.92 Å². The number of likely N-dealkylation sites (tertiary alicyclic amines) is 1. The fourth-order valence-corrected chi connectivity index (χ4v) is 4.65. The fraction of sp³-hybridized carbons (Fsp3) is 0.542. The van der Waals surface area contributed by atoms with Crippen LogP contribution in [-0.2, 0) is 4.74 Å². The maximum Gasteiger partial charge on any atom is 0.191 e. The van der Waals surface area contributed by atoms with Gasteiger partial charge in [0, 0.05) is 32.7 Å². The highest BCUT2D eigenvalue weighted by Crippen LogP contribution is 2.33. The van der Waals surface area contributed by atoms with E-state index >= 15 is 0 Å². The summed E-state index contributed by atoms with van der Waals surface area (Å²) < 4.78 is 11.9. The maximum atomic E-state index is 6.14. The highest BCUT2D eigenvalue weighted by molar-refractivity contribution is 14.0. The molecule has 2 saturated heterocycles. The van der Waals surface area contributed by atoms with Gasteiger partial charge in [-0.25, -0.2) is 0 Å². The van der Waals surface area contributed by atoms with E-state index in [4.69, 9.17) is 9.15 Å². The molecule has 4 rings (SSSR count). The van der Waals surface area contributed by atoms with Crippen LogP contribution < -0.4 is 10.6 Å². The van der Waals surface area contributed by atoms with Crippen LogP contribution in [0.1, 0.15) is 49.2 Å². The fourth-order valence-electron chi connectivity index (χ4n) is 4.65. The number of guanidine groups is 1. The van der Waals surface area contributed by atoms with Crippen LogP contribution in [0.2, 0.25) is 0 Å². The number of furan rings is 1. The lowest BCUT2D eigenvalue weighted by Crippen LogP contribution is -2.45. The first-order chi connectivity index (χ1) is 14.8. The normalized spacial score (nSPS) is 23.2. The number of hydrogen-bond donors (Lipinski definition) is 2. The molecule has 0 radical (unpaired) electrons. The van der Waals surface area contributed by atoms with Gasteiger partial charge in [-0.2, -0.15) is 0 Å². The van der Waals surface area contributed by atoms with E-state index in [1.54, 1.807) is 6.26 Å². The Morgan fingerprint density at radius 1 is 1.10 bits per heavy atom. The van der Waals surface area contributed by atoms with Gasteiger partial charge in [0.05, 0.1) is 18.4 Å². The van der Waals surface area contributed by atoms with Crippen molar-refractivity contribution in [2.75, 3.05) is 39.8 Å². The van der Waals surface area contributed by atoms with Crippen LogP contribution >= 0.6 is 24.0 Å². The van der Waals surface area contributed by atoms with Crippen molar-refractivity contribution in [2.24, 2.45) is 10.9 Å². The van der Waals surface area contributed by atoms with Gasteiger partial charge < -0.3 is 19.8 Å². The van der Waals surface area contributed by atoms with Crippen molar-refractivity contribution in [1.29, 1.82) is 0 Å². The molecule has 2 aliphatic heterocycles. The predicted molar refractivity (Wildman–Crippen MR) is 135 cm³/mol. The molecule has 1 aromatic carbocycles. The number of aliphatic imine (C=N–C) groups is 1. The van der Waals surface area contributed by atoms with Crippen molar-refractivity contribution in [3.8, 4) is 0 Å². The van der Waals surface area contributed by atoms with Gasteiger partial charge in [0.15, 0.2) is 5.96 Å². The summed E-state index contributed by atoms with van der Waals surface area (Å²) in [4.78, 5) is 6.95. The number of rotatable bonds is 7. The lowest BCUT2D eigenvalue weighted by Gasteiger charge is -2.33. The van der Waals surface area contributed by atoms with E-state index in [1.807, 2.05) is 13.1 Å². The summed E-state index contributed by atoms with van der Waals surface area (Å²) in [7, 11) is 1.83. The lowest BCUT2D eigenvalue weighted by molar-refractivity contribution is -0.0265. The Hall–Kier alpha value is -1.58. The summed E-state index contributed by atoms with van der Waals surface area (Å²) >= 11 is 0. The van der Waals surface area contributed by atoms with E-state index in [1.165, 1.54) is 18.4 Å². The van der Waals surface area contributed by atoms with Crippen LogP contribution in [-0.4, -0.2) is 50.7 Å². The Kier molecular flexibility index (Phi) is 9.67. The summed E-state index contributed by atoms with van der Waals surface area (Å²) in [5, 5.41) is 7.07. The van der Waals surface area contributed by atoms with Crippen LogP contribution in [0.25, 0.3) is 0 Å². The molecule has 1 aromatic heterocycles. The third-order valence-electron chi connectivity index (χ3n) is 6.24. The van der Waals surface area contributed by atoms with Gasteiger partial charge in [-0.05, 0) is 56.5 Å². The number of ether oxygens (including phenoxy) is 1. The molecule has 0 aliphatic carbocycles. The predicted octanol–water partition coefficient (Wildman–Crippen LogP) is 4.37. The number of nitrogens with one attached hydrogen (secondary N) is 2. The third kappa shape index (κ3) is 6.46. The lowest BCUT2D eigenvalue weighted by atomic mass is 9.89. The first kappa shape index (κ1) is 24.1. The molecule has 0 bridgehead atoms. The Morgan fingerprint density at radius 2 is 1.90 bits per heavy atom. The zero-order chi connectivity index (χ0) is 20.6. The summed E-state index contributed by atoms with van der Waals surface area (Å²) in [5.74, 6) is 2.28. The minimum absolute atomic E-state index is 0. The second-order valence-corrected chi connectivity index (χ2v) is 8.21. The average Bonchev–Trinajstić information content (AvgIpc) is 3.52. The second kappa shape index (κ2) is 12.5. The molecule has 3 unspecified atom stereocenters. The number of benzene rings is 1. The van der Waals surface area contributed by atoms with Gasteiger partial charge in [0.25, 0.3) is 0 Å². The minimum atomic E-state index is 0. The standard InChI is InChI=1S/C24H34N4O2.HI/c1-25-24(27-18-21(22-12-8-15-29-22)28-13-5-6-14-28)26-17-20-11-7-16-30-23(20)19-9-3-2-4-10-19;/h2-4,8-10,12,15,20-21,23H,5-7,11,13-14,16-18H2,1H3,(H2,25,26,27);1H. The van der Waals surface area contributed by atoms with E-state index in [-0.39, 0.29) is 36.1 Å². The van der Waals surface area contributed by atoms with Gasteiger partial charge in [0.2, 0.25) is 0 Å². The quantitative estimate of drug-likeness (QED) is 0.312. The first-order valence-electron chi connectivity index (χ1n) is 11.2. The topological polar surface area (TPSA) is 62.0 Å². The molecule has 3 atom stereocenters. The zero-order valence-corrected chi connectivity index (χ0v) is 20.7. The Morgan fingerprint density at radius 3 is 2.61 bits per heavy atom. The van der Waals surface area contributed by atoms with E-state index in [2.05, 4.69) is 56.9 Å². The van der Waals surface area contributed by atoms with Gasteiger partial charge in [-0.3, -0.25) is 9.89 Å². The smallest absolute Gasteiger partial charge is 0.191 e. The SMILES string of the molecule is CN=C(NCC1CCCOC1c1ccccc1)NCC(c1ccco1)N1CCCC1.I. The molecule has 7 heteroatoms. The first-order valence-corrected chi connectivity index (χ1v) is 11.2. The Balaban J connectivity index is 0.00000272. The minimum Gasteiger partial charge on any atom is -0.468 e. The molecule has 2 aliphatic rings. The summed E-state index contributed by atoms with van der Waals surface area (Å²) in [6, 6.07) is 14.8. The van der Waals surface area contributed by atoms with Gasteiger partial charge in [0.1, 0.15) is 5.76 Å². The second-order valence-electron chi connectivity index (χ2n) is 8.21. The molecule has 31 heavy (non-hydrogen) atoms. The molecule has 3 heterocycles. The van der Waals surface area contributed by atoms with E-state index in [0.717, 1.165) is 57.3 Å². The number of hydrogen-bond acceptors (Lipinski definition) is 4. The van der Waals surface area contributed by atoms with Crippen molar-refractivity contribution in [3.05, 3.63) is 60.1 Å². The molecular weight excluding hydrogens is 503 g/mol. The van der Waals surface area contributed by atoms with Crippen LogP contribution in [0.5, 0.6) is 0 Å². The monoisotopic (exact) mass is 538 g/mol. The van der Waals surface area contributed by atoms with Gasteiger partial charge >= 0.3 is 0 Å². The van der Waals surface area contributed by atoms with E-state index < -0.39 is 0 Å². The van der Waals surface area contributed by atoms with Crippen molar-refractivity contribution < 1.29 is 9.15 Å². The summed E-state index contributed by atoms with van der Waals surface area (Å²) in [6.07, 6.45) is 6.69. The Labute approximate surface area is 202 Å². The van der Waals surface area contributed by atoms with Crippen molar-refractivity contribution in [1.82, 2.24) is 15.5 Å². The van der Waals surface area contributed by atoms with Gasteiger partial charge in [-0.15, -0.1) is 24.0 Å². The molecule has 2 fully saturated rings. The molecular formula is C24H35IN4O2. The average molecular weight is 538 g/mol. The molecule has 6 nitrogen and oxygen atoms in total. The molecule has 2 aromatic rings. The van der Waals surface area contributed by atoms with Crippen LogP contribution in [0.4, 0.5) is 0 Å². The number of halogens is 1. The highest BCUT2D eigenvalue weighted by atomic mass is 127. The van der Waals surface area contributed by atoms with Crippen LogP contribution in [0.3, 0.4) is 0 Å². The van der Waals surface area contributed by atoms with Crippen molar-refractivity contribution in [3.63, 3.8) is 0 Å². The summed E-state index contributed by atoms with van der Waals surface area (Å²) in [6.45, 7) is 4.70.